The Morgan fingerprint density at radius 1 is 1.26 bits per heavy atom. The summed E-state index contributed by atoms with van der Waals surface area (Å²) in [6.07, 6.45) is 4.07. The van der Waals surface area contributed by atoms with E-state index in [1.165, 1.54) is 6.42 Å². The summed E-state index contributed by atoms with van der Waals surface area (Å²) < 4.78 is 10.7. The number of rotatable bonds is 9. The van der Waals surface area contributed by atoms with E-state index >= 15 is 0 Å². The summed E-state index contributed by atoms with van der Waals surface area (Å²) in [4.78, 5) is 6.69. The van der Waals surface area contributed by atoms with E-state index in [4.69, 9.17) is 21.1 Å². The number of halogens is 1. The van der Waals surface area contributed by atoms with Crippen LogP contribution in [0.25, 0.3) is 0 Å². The molecule has 0 atom stereocenters. The summed E-state index contributed by atoms with van der Waals surface area (Å²) in [5, 5.41) is 0. The fourth-order valence-electron chi connectivity index (χ4n) is 1.95. The number of alkyl halides is 1. The highest BCUT2D eigenvalue weighted by atomic mass is 35.5. The third kappa shape index (κ3) is 4.88. The van der Waals surface area contributed by atoms with Gasteiger partial charge in [0.15, 0.2) is 11.5 Å². The van der Waals surface area contributed by atoms with E-state index in [1.54, 1.807) is 26.5 Å². The highest BCUT2D eigenvalue weighted by Crippen LogP contribution is 2.29. The van der Waals surface area contributed by atoms with Gasteiger partial charge in [0.1, 0.15) is 5.69 Å². The largest absolute Gasteiger partial charge is 0.493 e. The van der Waals surface area contributed by atoms with Crippen LogP contribution in [0.5, 0.6) is 11.5 Å². The van der Waals surface area contributed by atoms with Crippen LogP contribution < -0.4 is 9.47 Å². The minimum Gasteiger partial charge on any atom is -0.493 e. The van der Waals surface area contributed by atoms with E-state index in [0.29, 0.717) is 17.4 Å². The van der Waals surface area contributed by atoms with Gasteiger partial charge >= 0.3 is 0 Å². The van der Waals surface area contributed by atoms with Crippen molar-refractivity contribution in [2.75, 3.05) is 33.2 Å². The molecule has 0 aliphatic rings. The van der Waals surface area contributed by atoms with Crippen LogP contribution in [-0.2, 0) is 6.54 Å². The zero-order valence-corrected chi connectivity index (χ0v) is 12.7. The van der Waals surface area contributed by atoms with Crippen molar-refractivity contribution in [3.8, 4) is 11.5 Å². The molecule has 0 fully saturated rings. The van der Waals surface area contributed by atoms with Gasteiger partial charge in [-0.15, -0.1) is 11.6 Å². The molecule has 0 aromatic carbocycles. The summed E-state index contributed by atoms with van der Waals surface area (Å²) in [5.41, 5.74) is 0.892. The molecule has 0 N–H and O–H groups in total. The minimum atomic E-state index is 0.621. The summed E-state index contributed by atoms with van der Waals surface area (Å²) in [6, 6.07) is 1.81. The van der Waals surface area contributed by atoms with Crippen LogP contribution in [0.4, 0.5) is 0 Å². The van der Waals surface area contributed by atoms with E-state index in [1.807, 2.05) is 0 Å². The molecular formula is C14H23ClN2O2. The van der Waals surface area contributed by atoms with Gasteiger partial charge in [0.05, 0.1) is 14.2 Å². The molecule has 0 bridgehead atoms. The topological polar surface area (TPSA) is 34.6 Å². The van der Waals surface area contributed by atoms with Gasteiger partial charge in [0.25, 0.3) is 0 Å². The van der Waals surface area contributed by atoms with Crippen molar-refractivity contribution in [3.05, 3.63) is 18.0 Å². The third-order valence-corrected chi connectivity index (χ3v) is 3.14. The average molecular weight is 287 g/mol. The van der Waals surface area contributed by atoms with Gasteiger partial charge in [-0.25, -0.2) is 0 Å². The van der Waals surface area contributed by atoms with Crippen LogP contribution in [0.1, 0.15) is 25.5 Å². The minimum absolute atomic E-state index is 0.621. The number of ether oxygens (including phenoxy) is 2. The number of hydrogen-bond donors (Lipinski definition) is 0. The van der Waals surface area contributed by atoms with E-state index in [2.05, 4.69) is 16.8 Å². The lowest BCUT2D eigenvalue weighted by Crippen LogP contribution is -2.27. The molecule has 1 aromatic heterocycles. The van der Waals surface area contributed by atoms with Gasteiger partial charge < -0.3 is 9.47 Å². The molecule has 0 aliphatic carbocycles. The Bertz CT molecular complexity index is 374. The Morgan fingerprint density at radius 3 is 2.63 bits per heavy atom. The maximum absolute atomic E-state index is 5.86. The molecule has 0 aliphatic heterocycles. The summed E-state index contributed by atoms with van der Waals surface area (Å²) >= 11 is 5.86. The number of pyridine rings is 1. The fourth-order valence-corrected chi connectivity index (χ4v) is 2.19. The Hall–Kier alpha value is -1.00. The highest BCUT2D eigenvalue weighted by molar-refractivity contribution is 6.18. The quantitative estimate of drug-likeness (QED) is 0.654. The standard InChI is InChI=1S/C14H23ClN2O2/c1-4-5-9-17(10-7-15)11-12-14(19-3)13(18-2)6-8-16-12/h6,8H,4-5,7,9-11H2,1-3H3. The van der Waals surface area contributed by atoms with Crippen molar-refractivity contribution in [2.24, 2.45) is 0 Å². The number of hydrogen-bond acceptors (Lipinski definition) is 4. The highest BCUT2D eigenvalue weighted by Gasteiger charge is 2.14. The molecule has 0 unspecified atom stereocenters. The Labute approximate surface area is 120 Å². The maximum Gasteiger partial charge on any atom is 0.183 e. The molecule has 5 heteroatoms. The molecule has 1 rings (SSSR count). The van der Waals surface area contributed by atoms with E-state index < -0.39 is 0 Å². The monoisotopic (exact) mass is 286 g/mol. The predicted molar refractivity (Wildman–Crippen MR) is 78.2 cm³/mol. The molecule has 1 aromatic rings. The van der Waals surface area contributed by atoms with Gasteiger partial charge in [-0.2, -0.15) is 0 Å². The lowest BCUT2D eigenvalue weighted by atomic mass is 10.2. The average Bonchev–Trinajstić information content (AvgIpc) is 2.44. The second kappa shape index (κ2) is 8.99. The Morgan fingerprint density at radius 2 is 2.05 bits per heavy atom. The summed E-state index contributed by atoms with van der Waals surface area (Å²) in [6.45, 7) is 4.78. The first-order chi connectivity index (χ1) is 9.26. The van der Waals surface area contributed by atoms with E-state index in [0.717, 1.165) is 31.7 Å². The first-order valence-corrected chi connectivity index (χ1v) is 7.14. The van der Waals surface area contributed by atoms with Gasteiger partial charge in [0, 0.05) is 31.2 Å². The number of methoxy groups -OCH3 is 2. The first kappa shape index (κ1) is 16.1. The van der Waals surface area contributed by atoms with Crippen molar-refractivity contribution < 1.29 is 9.47 Å². The summed E-state index contributed by atoms with van der Waals surface area (Å²) in [7, 11) is 3.27. The van der Waals surface area contributed by atoms with Crippen molar-refractivity contribution >= 4 is 11.6 Å². The molecule has 4 nitrogen and oxygen atoms in total. The number of nitrogens with zero attached hydrogens (tertiary/aromatic N) is 2. The molecular weight excluding hydrogens is 264 g/mol. The summed E-state index contributed by atoms with van der Waals surface area (Å²) in [5.74, 6) is 2.05. The van der Waals surface area contributed by atoms with Crippen molar-refractivity contribution in [1.82, 2.24) is 9.88 Å². The van der Waals surface area contributed by atoms with Gasteiger partial charge in [-0.1, -0.05) is 13.3 Å². The molecule has 108 valence electrons. The third-order valence-electron chi connectivity index (χ3n) is 2.97. The lowest BCUT2D eigenvalue weighted by Gasteiger charge is -2.22. The second-order valence-corrected chi connectivity index (χ2v) is 4.69. The zero-order valence-electron chi connectivity index (χ0n) is 12.0. The smallest absolute Gasteiger partial charge is 0.183 e. The zero-order chi connectivity index (χ0) is 14.1. The van der Waals surface area contributed by atoms with Crippen LogP contribution in [0, 0.1) is 0 Å². The van der Waals surface area contributed by atoms with Crippen LogP contribution in [0.15, 0.2) is 12.3 Å². The Kier molecular flexibility index (Phi) is 7.60. The normalized spacial score (nSPS) is 10.8. The molecule has 0 amide bonds. The van der Waals surface area contributed by atoms with Crippen LogP contribution in [0.3, 0.4) is 0 Å². The van der Waals surface area contributed by atoms with E-state index in [9.17, 15) is 0 Å². The molecule has 1 heterocycles. The Balaban J connectivity index is 2.82. The number of unbranched alkanes of at least 4 members (excludes halogenated alkanes) is 1. The van der Waals surface area contributed by atoms with Crippen molar-refractivity contribution in [1.29, 1.82) is 0 Å². The van der Waals surface area contributed by atoms with Gasteiger partial charge in [-0.3, -0.25) is 9.88 Å². The van der Waals surface area contributed by atoms with Crippen LogP contribution in [-0.4, -0.2) is 43.1 Å². The predicted octanol–water partition coefficient (Wildman–Crippen LogP) is 2.94. The van der Waals surface area contributed by atoms with Gasteiger partial charge in [-0.05, 0) is 13.0 Å². The molecule has 0 radical (unpaired) electrons. The van der Waals surface area contributed by atoms with Crippen LogP contribution >= 0.6 is 11.6 Å². The number of aromatic nitrogens is 1. The lowest BCUT2D eigenvalue weighted by molar-refractivity contribution is 0.265. The fraction of sp³-hybridized carbons (Fsp3) is 0.643. The SMILES string of the molecule is CCCCN(CCCl)Cc1nccc(OC)c1OC. The molecule has 0 saturated heterocycles. The van der Waals surface area contributed by atoms with E-state index in [-0.39, 0.29) is 0 Å². The van der Waals surface area contributed by atoms with Crippen molar-refractivity contribution in [3.63, 3.8) is 0 Å². The first-order valence-electron chi connectivity index (χ1n) is 6.61. The van der Waals surface area contributed by atoms with Crippen LogP contribution in [0.2, 0.25) is 0 Å². The maximum atomic E-state index is 5.86. The molecule has 0 saturated carbocycles. The molecule has 0 spiro atoms. The second-order valence-electron chi connectivity index (χ2n) is 4.31. The van der Waals surface area contributed by atoms with Gasteiger partial charge in [0.2, 0.25) is 0 Å². The van der Waals surface area contributed by atoms with Crippen molar-refractivity contribution in [2.45, 2.75) is 26.3 Å². The molecule has 19 heavy (non-hydrogen) atoms.